The van der Waals surface area contributed by atoms with Gasteiger partial charge < -0.3 is 15.1 Å². The number of aryl methyl sites for hydroxylation is 1. The fraction of sp³-hybridized carbons (Fsp3) is 0.333. The molecule has 0 saturated heterocycles. The van der Waals surface area contributed by atoms with Gasteiger partial charge in [-0.2, -0.15) is 0 Å². The van der Waals surface area contributed by atoms with Crippen molar-refractivity contribution in [3.8, 4) is 0 Å². The van der Waals surface area contributed by atoms with Crippen LogP contribution in [0, 0.1) is 0 Å². The number of carbonyl (C=O) groups is 3. The fourth-order valence-electron chi connectivity index (χ4n) is 4.50. The Hall–Kier alpha value is -3.94. The Kier molecular flexibility index (Phi) is 7.92. The van der Waals surface area contributed by atoms with Gasteiger partial charge in [-0.3, -0.25) is 24.3 Å². The fourth-order valence-corrected chi connectivity index (χ4v) is 4.50. The minimum absolute atomic E-state index is 0.0821. The molecule has 0 spiro atoms. The Morgan fingerprint density at radius 3 is 2.57 bits per heavy atom. The van der Waals surface area contributed by atoms with Gasteiger partial charge >= 0.3 is 0 Å². The number of carbonyl (C=O) groups excluding carboxylic acids is 3. The van der Waals surface area contributed by atoms with Crippen molar-refractivity contribution in [3.05, 3.63) is 84.1 Å². The smallest absolute Gasteiger partial charge is 0.287 e. The Morgan fingerprint density at radius 1 is 1.09 bits per heavy atom. The molecule has 1 aromatic carbocycles. The Bertz CT molecular complexity index is 1140. The first-order valence-electron chi connectivity index (χ1n) is 12.0. The van der Waals surface area contributed by atoms with Crippen molar-refractivity contribution in [1.29, 1.82) is 0 Å². The summed E-state index contributed by atoms with van der Waals surface area (Å²) in [5.74, 6) is -1.07. The van der Waals surface area contributed by atoms with Gasteiger partial charge in [-0.05, 0) is 49.1 Å². The standard InChI is InChI=1S/C27H30N4O4/c1-2-19-9-3-6-13-22(19)31(24(32)18-29-26(33)23-14-8-16-35-23)25(20-10-7-15-28-17-20)27(34)30-21-11-4-5-12-21/h3,6-10,13-17,21,25H,2,4-5,11-12,18H2,1H3,(H,29,33)(H,30,34)/t25-/m1/s1. The molecule has 0 bridgehead atoms. The number of nitrogens with one attached hydrogen (secondary N) is 2. The SMILES string of the molecule is CCc1ccccc1N(C(=O)CNC(=O)c1ccco1)[C@@H](C(=O)NC1CCCC1)c1cccnc1. The summed E-state index contributed by atoms with van der Waals surface area (Å²) in [6, 6.07) is 13.3. The molecule has 2 heterocycles. The van der Waals surface area contributed by atoms with Crippen molar-refractivity contribution >= 4 is 23.4 Å². The number of hydrogen-bond donors (Lipinski definition) is 2. The van der Waals surface area contributed by atoms with E-state index in [4.69, 9.17) is 4.42 Å². The lowest BCUT2D eigenvalue weighted by molar-refractivity contribution is -0.126. The Labute approximate surface area is 204 Å². The lowest BCUT2D eigenvalue weighted by Gasteiger charge is -2.33. The largest absolute Gasteiger partial charge is 0.459 e. The van der Waals surface area contributed by atoms with Gasteiger partial charge in [0.2, 0.25) is 11.8 Å². The van der Waals surface area contributed by atoms with Gasteiger partial charge in [0.15, 0.2) is 5.76 Å². The van der Waals surface area contributed by atoms with Crippen LogP contribution in [0.3, 0.4) is 0 Å². The number of hydrogen-bond acceptors (Lipinski definition) is 5. The molecule has 1 saturated carbocycles. The number of para-hydroxylation sites is 1. The maximum absolute atomic E-state index is 13.7. The van der Waals surface area contributed by atoms with E-state index < -0.39 is 17.9 Å². The third-order valence-corrected chi connectivity index (χ3v) is 6.25. The second-order valence-electron chi connectivity index (χ2n) is 8.58. The third kappa shape index (κ3) is 5.77. The number of rotatable bonds is 9. The summed E-state index contributed by atoms with van der Waals surface area (Å²) < 4.78 is 5.13. The highest BCUT2D eigenvalue weighted by atomic mass is 16.3. The molecule has 1 aliphatic rings. The molecule has 35 heavy (non-hydrogen) atoms. The molecule has 0 radical (unpaired) electrons. The Balaban J connectivity index is 1.70. The zero-order chi connectivity index (χ0) is 24.6. The van der Waals surface area contributed by atoms with Crippen LogP contribution in [0.4, 0.5) is 5.69 Å². The van der Waals surface area contributed by atoms with Gasteiger partial charge in [0.1, 0.15) is 6.04 Å². The van der Waals surface area contributed by atoms with Crippen LogP contribution in [0.1, 0.15) is 60.3 Å². The van der Waals surface area contributed by atoms with E-state index in [0.717, 1.165) is 31.2 Å². The highest BCUT2D eigenvalue weighted by molar-refractivity contribution is 6.04. The summed E-state index contributed by atoms with van der Waals surface area (Å²) in [6.07, 6.45) is 9.29. The molecule has 4 rings (SSSR count). The number of pyridine rings is 1. The highest BCUT2D eigenvalue weighted by Gasteiger charge is 2.35. The summed E-state index contributed by atoms with van der Waals surface area (Å²) in [5.41, 5.74) is 2.14. The van der Waals surface area contributed by atoms with E-state index in [0.29, 0.717) is 17.7 Å². The van der Waals surface area contributed by atoms with Crippen LogP contribution in [-0.4, -0.2) is 35.3 Å². The molecule has 182 valence electrons. The second kappa shape index (κ2) is 11.5. The lowest BCUT2D eigenvalue weighted by atomic mass is 10.0. The van der Waals surface area contributed by atoms with Crippen LogP contribution in [0.25, 0.3) is 0 Å². The molecule has 3 aromatic rings. The van der Waals surface area contributed by atoms with E-state index in [1.165, 1.54) is 17.2 Å². The zero-order valence-corrected chi connectivity index (χ0v) is 19.8. The van der Waals surface area contributed by atoms with Gasteiger partial charge in [0.25, 0.3) is 5.91 Å². The van der Waals surface area contributed by atoms with Crippen molar-refractivity contribution < 1.29 is 18.8 Å². The minimum Gasteiger partial charge on any atom is -0.459 e. The van der Waals surface area contributed by atoms with Gasteiger partial charge in [-0.1, -0.05) is 44.0 Å². The van der Waals surface area contributed by atoms with E-state index >= 15 is 0 Å². The number of aromatic nitrogens is 1. The number of amides is 3. The van der Waals surface area contributed by atoms with Gasteiger partial charge in [0.05, 0.1) is 12.8 Å². The van der Waals surface area contributed by atoms with Crippen LogP contribution in [0.5, 0.6) is 0 Å². The average molecular weight is 475 g/mol. The summed E-state index contributed by atoms with van der Waals surface area (Å²) in [6.45, 7) is 1.70. The minimum atomic E-state index is -0.940. The van der Waals surface area contributed by atoms with E-state index in [2.05, 4.69) is 15.6 Å². The summed E-state index contributed by atoms with van der Waals surface area (Å²) in [4.78, 5) is 45.6. The number of anilines is 1. The molecule has 2 N–H and O–H groups in total. The molecule has 3 amide bonds. The predicted molar refractivity (Wildman–Crippen MR) is 132 cm³/mol. The molecule has 1 atom stereocenters. The normalized spacial score (nSPS) is 14.3. The monoisotopic (exact) mass is 474 g/mol. The van der Waals surface area contributed by atoms with E-state index in [1.807, 2.05) is 31.2 Å². The Morgan fingerprint density at radius 2 is 1.89 bits per heavy atom. The average Bonchev–Trinajstić information content (AvgIpc) is 3.61. The molecular weight excluding hydrogens is 444 g/mol. The zero-order valence-electron chi connectivity index (χ0n) is 19.8. The topological polar surface area (TPSA) is 105 Å². The predicted octanol–water partition coefficient (Wildman–Crippen LogP) is 3.80. The summed E-state index contributed by atoms with van der Waals surface area (Å²) in [7, 11) is 0. The van der Waals surface area contributed by atoms with Crippen molar-refractivity contribution in [2.45, 2.75) is 51.1 Å². The first-order chi connectivity index (χ1) is 17.1. The molecule has 1 aliphatic carbocycles. The van der Waals surface area contributed by atoms with Gasteiger partial charge in [-0.15, -0.1) is 0 Å². The van der Waals surface area contributed by atoms with Crippen LogP contribution in [0.15, 0.2) is 71.6 Å². The number of benzene rings is 1. The van der Waals surface area contributed by atoms with Gasteiger partial charge in [0, 0.05) is 29.7 Å². The van der Waals surface area contributed by atoms with E-state index in [9.17, 15) is 14.4 Å². The third-order valence-electron chi connectivity index (χ3n) is 6.25. The van der Waals surface area contributed by atoms with Crippen molar-refractivity contribution in [3.63, 3.8) is 0 Å². The summed E-state index contributed by atoms with van der Waals surface area (Å²) >= 11 is 0. The summed E-state index contributed by atoms with van der Waals surface area (Å²) in [5, 5.41) is 5.76. The second-order valence-corrected chi connectivity index (χ2v) is 8.58. The highest BCUT2D eigenvalue weighted by Crippen LogP contribution is 2.31. The van der Waals surface area contributed by atoms with E-state index in [-0.39, 0.29) is 24.3 Å². The van der Waals surface area contributed by atoms with Crippen LogP contribution < -0.4 is 15.5 Å². The molecule has 2 aromatic heterocycles. The molecular formula is C27H30N4O4. The van der Waals surface area contributed by atoms with Gasteiger partial charge in [-0.25, -0.2) is 0 Å². The molecule has 8 nitrogen and oxygen atoms in total. The lowest BCUT2D eigenvalue weighted by Crippen LogP contribution is -2.49. The number of nitrogens with zero attached hydrogens (tertiary/aromatic N) is 2. The van der Waals surface area contributed by atoms with Crippen LogP contribution in [-0.2, 0) is 16.0 Å². The maximum Gasteiger partial charge on any atom is 0.287 e. The molecule has 0 aliphatic heterocycles. The first-order valence-corrected chi connectivity index (χ1v) is 12.0. The molecule has 1 fully saturated rings. The first kappa shape index (κ1) is 24.2. The van der Waals surface area contributed by atoms with Crippen molar-refractivity contribution in [1.82, 2.24) is 15.6 Å². The van der Waals surface area contributed by atoms with Crippen LogP contribution >= 0.6 is 0 Å². The quantitative estimate of drug-likeness (QED) is 0.491. The van der Waals surface area contributed by atoms with Crippen molar-refractivity contribution in [2.75, 3.05) is 11.4 Å². The number of furan rings is 1. The van der Waals surface area contributed by atoms with Crippen molar-refractivity contribution in [2.24, 2.45) is 0 Å². The van der Waals surface area contributed by atoms with Crippen LogP contribution in [0.2, 0.25) is 0 Å². The van der Waals surface area contributed by atoms with E-state index in [1.54, 1.807) is 30.6 Å². The molecule has 0 unspecified atom stereocenters. The molecule has 8 heteroatoms. The maximum atomic E-state index is 13.7.